The van der Waals surface area contributed by atoms with Crippen molar-refractivity contribution in [1.82, 2.24) is 0 Å². The molecule has 1 heterocycles. The van der Waals surface area contributed by atoms with E-state index >= 15 is 0 Å². The second-order valence-corrected chi connectivity index (χ2v) is 7.09. The Morgan fingerprint density at radius 3 is 2.37 bits per heavy atom. The number of nitrogens with zero attached hydrogens (tertiary/aromatic N) is 1. The van der Waals surface area contributed by atoms with E-state index in [9.17, 15) is 14.0 Å². The number of carbonyl (C=O) groups excluding carboxylic acids is 2. The molecule has 0 atom stereocenters. The zero-order chi connectivity index (χ0) is 21.1. The molecule has 0 fully saturated rings. The summed E-state index contributed by atoms with van der Waals surface area (Å²) < 4.78 is 18.3. The molecule has 1 N–H and O–H groups in total. The van der Waals surface area contributed by atoms with Crippen LogP contribution in [0.4, 0.5) is 15.8 Å². The first kappa shape index (κ1) is 19.6. The van der Waals surface area contributed by atoms with Crippen LogP contribution in [-0.4, -0.2) is 25.5 Å². The fourth-order valence-electron chi connectivity index (χ4n) is 3.58. The Labute approximate surface area is 174 Å². The molecular formula is C24H21FN2O3. The highest BCUT2D eigenvalue weighted by atomic mass is 19.1. The lowest BCUT2D eigenvalue weighted by Crippen LogP contribution is -2.35. The van der Waals surface area contributed by atoms with Crippen molar-refractivity contribution >= 4 is 23.2 Å². The van der Waals surface area contributed by atoms with Crippen molar-refractivity contribution in [3.05, 3.63) is 89.2 Å². The van der Waals surface area contributed by atoms with E-state index in [2.05, 4.69) is 5.32 Å². The number of carbonyl (C=O) groups is 2. The van der Waals surface area contributed by atoms with Crippen LogP contribution in [-0.2, 0) is 6.42 Å². The van der Waals surface area contributed by atoms with Crippen molar-refractivity contribution < 1.29 is 18.7 Å². The molecule has 30 heavy (non-hydrogen) atoms. The second-order valence-electron chi connectivity index (χ2n) is 7.09. The molecule has 0 saturated carbocycles. The number of nitrogens with one attached hydrogen (secondary N) is 1. The molecule has 6 heteroatoms. The Morgan fingerprint density at radius 2 is 1.67 bits per heavy atom. The molecule has 0 unspecified atom stereocenters. The van der Waals surface area contributed by atoms with Crippen LogP contribution in [0.15, 0.2) is 66.7 Å². The number of amides is 2. The zero-order valence-electron chi connectivity index (χ0n) is 16.5. The Kier molecular flexibility index (Phi) is 5.48. The fourth-order valence-corrected chi connectivity index (χ4v) is 3.58. The van der Waals surface area contributed by atoms with Crippen LogP contribution in [0.1, 0.15) is 32.7 Å². The molecule has 5 nitrogen and oxygen atoms in total. The fraction of sp³-hybridized carbons (Fsp3) is 0.167. The van der Waals surface area contributed by atoms with Gasteiger partial charge in [0.15, 0.2) is 0 Å². The van der Waals surface area contributed by atoms with Gasteiger partial charge < -0.3 is 15.0 Å². The monoisotopic (exact) mass is 404 g/mol. The van der Waals surface area contributed by atoms with Gasteiger partial charge in [0, 0.05) is 29.0 Å². The summed E-state index contributed by atoms with van der Waals surface area (Å²) in [6.07, 6.45) is 1.63. The Bertz CT molecular complexity index is 1080. The first-order valence-corrected chi connectivity index (χ1v) is 9.71. The maximum Gasteiger partial charge on any atom is 0.258 e. The lowest BCUT2D eigenvalue weighted by molar-refractivity contribution is 0.0983. The topological polar surface area (TPSA) is 58.6 Å². The highest BCUT2D eigenvalue weighted by molar-refractivity contribution is 6.07. The SMILES string of the molecule is COc1ccc(C(=O)Nc2ccc3c(c2)CCCN3C(=O)c2ccc(F)cc2)cc1. The van der Waals surface area contributed by atoms with Crippen molar-refractivity contribution in [3.63, 3.8) is 0 Å². The predicted molar refractivity (Wildman–Crippen MR) is 114 cm³/mol. The number of anilines is 2. The van der Waals surface area contributed by atoms with Gasteiger partial charge in [0.25, 0.3) is 11.8 Å². The van der Waals surface area contributed by atoms with E-state index in [4.69, 9.17) is 4.74 Å². The molecule has 152 valence electrons. The van der Waals surface area contributed by atoms with Crippen LogP contribution in [0.2, 0.25) is 0 Å². The Balaban J connectivity index is 1.53. The van der Waals surface area contributed by atoms with E-state index in [1.54, 1.807) is 42.3 Å². The predicted octanol–water partition coefficient (Wildman–Crippen LogP) is 4.68. The van der Waals surface area contributed by atoms with Gasteiger partial charge in [-0.2, -0.15) is 0 Å². The molecule has 0 aliphatic carbocycles. The number of fused-ring (bicyclic) bond motifs is 1. The molecule has 0 spiro atoms. The minimum absolute atomic E-state index is 0.161. The van der Waals surface area contributed by atoms with Gasteiger partial charge in [-0.25, -0.2) is 4.39 Å². The summed E-state index contributed by atoms with van der Waals surface area (Å²) in [4.78, 5) is 27.1. The average Bonchev–Trinajstić information content (AvgIpc) is 2.78. The minimum Gasteiger partial charge on any atom is -0.497 e. The first-order valence-electron chi connectivity index (χ1n) is 9.71. The number of hydrogen-bond acceptors (Lipinski definition) is 3. The van der Waals surface area contributed by atoms with Gasteiger partial charge in [-0.05, 0) is 85.1 Å². The maximum absolute atomic E-state index is 13.2. The van der Waals surface area contributed by atoms with Crippen LogP contribution < -0.4 is 15.0 Å². The van der Waals surface area contributed by atoms with Crippen molar-refractivity contribution in [3.8, 4) is 5.75 Å². The van der Waals surface area contributed by atoms with Gasteiger partial charge in [-0.3, -0.25) is 9.59 Å². The van der Waals surface area contributed by atoms with Crippen molar-refractivity contribution in [2.24, 2.45) is 0 Å². The van der Waals surface area contributed by atoms with E-state index in [-0.39, 0.29) is 17.6 Å². The van der Waals surface area contributed by atoms with E-state index in [0.29, 0.717) is 29.1 Å². The molecule has 3 aromatic carbocycles. The summed E-state index contributed by atoms with van der Waals surface area (Å²) in [5, 5.41) is 2.90. The van der Waals surface area contributed by atoms with Gasteiger partial charge in [-0.15, -0.1) is 0 Å². The lowest BCUT2D eigenvalue weighted by Gasteiger charge is -2.30. The highest BCUT2D eigenvalue weighted by Gasteiger charge is 2.24. The number of halogens is 1. The second kappa shape index (κ2) is 8.37. The molecule has 4 rings (SSSR count). The quantitative estimate of drug-likeness (QED) is 0.687. The van der Waals surface area contributed by atoms with Crippen LogP contribution in [0, 0.1) is 5.82 Å². The smallest absolute Gasteiger partial charge is 0.258 e. The average molecular weight is 404 g/mol. The minimum atomic E-state index is -0.372. The molecule has 2 amide bonds. The van der Waals surface area contributed by atoms with Gasteiger partial charge in [-0.1, -0.05) is 0 Å². The summed E-state index contributed by atoms with van der Waals surface area (Å²) in [6.45, 7) is 0.598. The van der Waals surface area contributed by atoms with Crippen molar-refractivity contribution in [2.75, 3.05) is 23.9 Å². The summed E-state index contributed by atoms with van der Waals surface area (Å²) in [5.74, 6) is -0.0623. The third-order valence-corrected chi connectivity index (χ3v) is 5.14. The Morgan fingerprint density at radius 1 is 0.967 bits per heavy atom. The first-order chi connectivity index (χ1) is 14.5. The van der Waals surface area contributed by atoms with Crippen molar-refractivity contribution in [2.45, 2.75) is 12.8 Å². The van der Waals surface area contributed by atoms with Crippen LogP contribution in [0.3, 0.4) is 0 Å². The molecule has 1 aliphatic rings. The third kappa shape index (κ3) is 4.03. The molecule has 0 bridgehead atoms. The summed E-state index contributed by atoms with van der Waals surface area (Å²) in [6, 6.07) is 18.0. The molecule has 1 aliphatic heterocycles. The van der Waals surface area contributed by atoms with E-state index in [1.165, 1.54) is 24.3 Å². The van der Waals surface area contributed by atoms with E-state index in [1.807, 2.05) is 12.1 Å². The van der Waals surface area contributed by atoms with Gasteiger partial charge in [0.05, 0.1) is 7.11 Å². The van der Waals surface area contributed by atoms with E-state index in [0.717, 1.165) is 24.1 Å². The zero-order valence-corrected chi connectivity index (χ0v) is 16.5. The Hall–Kier alpha value is -3.67. The standard InChI is InChI=1S/C24H21FN2O3/c1-30-21-11-6-16(7-12-21)23(28)26-20-10-13-22-18(15-20)3-2-14-27(22)24(29)17-4-8-19(25)9-5-17/h4-13,15H,2-3,14H2,1H3,(H,26,28). The van der Waals surface area contributed by atoms with Gasteiger partial charge in [0.1, 0.15) is 11.6 Å². The van der Waals surface area contributed by atoms with Crippen LogP contribution >= 0.6 is 0 Å². The number of rotatable bonds is 4. The van der Waals surface area contributed by atoms with Gasteiger partial charge >= 0.3 is 0 Å². The molecule has 3 aromatic rings. The maximum atomic E-state index is 13.2. The largest absolute Gasteiger partial charge is 0.497 e. The number of methoxy groups -OCH3 is 1. The van der Waals surface area contributed by atoms with Crippen LogP contribution in [0.5, 0.6) is 5.75 Å². The highest BCUT2D eigenvalue weighted by Crippen LogP contribution is 2.31. The summed E-state index contributed by atoms with van der Waals surface area (Å²) in [7, 11) is 1.58. The number of benzene rings is 3. The molecule has 0 aromatic heterocycles. The summed E-state index contributed by atoms with van der Waals surface area (Å²) >= 11 is 0. The number of ether oxygens (including phenoxy) is 1. The molecule has 0 radical (unpaired) electrons. The third-order valence-electron chi connectivity index (χ3n) is 5.14. The number of hydrogen-bond donors (Lipinski definition) is 1. The van der Waals surface area contributed by atoms with Crippen molar-refractivity contribution in [1.29, 1.82) is 0 Å². The van der Waals surface area contributed by atoms with Crippen LogP contribution in [0.25, 0.3) is 0 Å². The lowest BCUT2D eigenvalue weighted by atomic mass is 10.00. The molecular weight excluding hydrogens is 383 g/mol. The summed E-state index contributed by atoms with van der Waals surface area (Å²) in [5.41, 5.74) is 3.45. The molecule has 0 saturated heterocycles. The number of aryl methyl sites for hydroxylation is 1. The van der Waals surface area contributed by atoms with E-state index < -0.39 is 0 Å². The van der Waals surface area contributed by atoms with Gasteiger partial charge in [0.2, 0.25) is 0 Å². The normalized spacial score (nSPS) is 12.8.